The lowest BCUT2D eigenvalue weighted by atomic mass is 9.86. The van der Waals surface area contributed by atoms with Crippen LogP contribution < -0.4 is 14.9 Å². The topological polar surface area (TPSA) is 87.7 Å². The molecular weight excluding hydrogens is 402 g/mol. The molecular formula is C22H35N3O4S. The van der Waals surface area contributed by atoms with E-state index < -0.39 is 14.8 Å². The summed E-state index contributed by atoms with van der Waals surface area (Å²) in [6.45, 7) is 9.63. The molecule has 2 N–H and O–H groups in total. The number of morpholine rings is 1. The third-order valence-corrected chi connectivity index (χ3v) is 8.22. The molecule has 0 radical (unpaired) electrons. The van der Waals surface area contributed by atoms with E-state index in [4.69, 9.17) is 4.74 Å². The molecule has 1 saturated carbocycles. The van der Waals surface area contributed by atoms with Crippen LogP contribution in [0.15, 0.2) is 24.3 Å². The van der Waals surface area contributed by atoms with Crippen LogP contribution in [0.4, 0.5) is 11.4 Å². The van der Waals surface area contributed by atoms with Gasteiger partial charge in [-0.15, -0.1) is 0 Å². The Labute approximate surface area is 180 Å². The van der Waals surface area contributed by atoms with Gasteiger partial charge in [0.25, 0.3) is 0 Å². The molecule has 7 nitrogen and oxygen atoms in total. The van der Waals surface area contributed by atoms with Gasteiger partial charge in [-0.1, -0.05) is 0 Å². The SMILES string of the molecule is C[C@@H]1CN(c2ccc(NC(=O)[C@H]3CC[C@H](NS(=O)(=O)C(C)(C)C)CC3)cc2)CCO1. The maximum Gasteiger partial charge on any atom is 0.227 e. The minimum atomic E-state index is -3.36. The molecule has 2 fully saturated rings. The van der Waals surface area contributed by atoms with E-state index in [0.717, 1.165) is 31.1 Å². The third-order valence-electron chi connectivity index (χ3n) is 5.97. The maximum atomic E-state index is 12.7. The van der Waals surface area contributed by atoms with E-state index in [2.05, 4.69) is 21.9 Å². The molecule has 0 spiro atoms. The first kappa shape index (κ1) is 23.0. The van der Waals surface area contributed by atoms with Gasteiger partial charge in [0, 0.05) is 36.4 Å². The highest BCUT2D eigenvalue weighted by Gasteiger charge is 2.34. The van der Waals surface area contributed by atoms with E-state index in [0.29, 0.717) is 25.7 Å². The number of rotatable bonds is 5. The van der Waals surface area contributed by atoms with Gasteiger partial charge >= 0.3 is 0 Å². The average Bonchev–Trinajstić information content (AvgIpc) is 2.68. The smallest absolute Gasteiger partial charge is 0.227 e. The van der Waals surface area contributed by atoms with E-state index in [9.17, 15) is 13.2 Å². The molecule has 1 aliphatic heterocycles. The summed E-state index contributed by atoms with van der Waals surface area (Å²) in [6, 6.07) is 7.86. The van der Waals surface area contributed by atoms with E-state index in [1.807, 2.05) is 24.3 Å². The number of sulfonamides is 1. The molecule has 1 aromatic carbocycles. The summed E-state index contributed by atoms with van der Waals surface area (Å²) in [5, 5.41) is 3.02. The van der Waals surface area contributed by atoms with Crippen molar-refractivity contribution in [1.82, 2.24) is 4.72 Å². The lowest BCUT2D eigenvalue weighted by Gasteiger charge is -2.33. The molecule has 8 heteroatoms. The van der Waals surface area contributed by atoms with Crippen molar-refractivity contribution >= 4 is 27.3 Å². The highest BCUT2D eigenvalue weighted by molar-refractivity contribution is 7.90. The third kappa shape index (κ3) is 5.74. The van der Waals surface area contributed by atoms with Gasteiger partial charge in [0.1, 0.15) is 0 Å². The van der Waals surface area contributed by atoms with Crippen LogP contribution in [0.5, 0.6) is 0 Å². The minimum Gasteiger partial charge on any atom is -0.375 e. The molecule has 168 valence electrons. The Morgan fingerprint density at radius 3 is 2.30 bits per heavy atom. The Balaban J connectivity index is 1.49. The molecule has 0 aromatic heterocycles. The van der Waals surface area contributed by atoms with Gasteiger partial charge in [-0.25, -0.2) is 13.1 Å². The fourth-order valence-electron chi connectivity index (χ4n) is 3.92. The molecule has 1 heterocycles. The van der Waals surface area contributed by atoms with E-state index in [-0.39, 0.29) is 24.0 Å². The first-order chi connectivity index (χ1) is 14.0. The maximum absolute atomic E-state index is 12.7. The highest BCUT2D eigenvalue weighted by atomic mass is 32.2. The number of benzene rings is 1. The van der Waals surface area contributed by atoms with Gasteiger partial charge in [0.2, 0.25) is 15.9 Å². The van der Waals surface area contributed by atoms with E-state index >= 15 is 0 Å². The standard InChI is InChI=1S/C22H35N3O4S/c1-16-15-25(13-14-29-16)20-11-9-18(10-12-20)23-21(26)17-5-7-19(8-6-17)24-30(27,28)22(2,3)4/h9-12,16-17,19,24H,5-8,13-15H2,1-4H3,(H,23,26)/t16-,17-,19-/m1/s1. The fourth-order valence-corrected chi connectivity index (χ4v) is 4.95. The van der Waals surface area contributed by atoms with Crippen LogP contribution >= 0.6 is 0 Å². The summed E-state index contributed by atoms with van der Waals surface area (Å²) in [5.41, 5.74) is 1.93. The zero-order chi connectivity index (χ0) is 21.9. The number of hydrogen-bond donors (Lipinski definition) is 2. The number of carbonyl (C=O) groups is 1. The lowest BCUT2D eigenvalue weighted by Crippen LogP contribution is -2.46. The molecule has 30 heavy (non-hydrogen) atoms. The van der Waals surface area contributed by atoms with Crippen LogP contribution in [0.1, 0.15) is 53.4 Å². The van der Waals surface area contributed by atoms with Crippen LogP contribution in [-0.4, -0.2) is 50.9 Å². The molecule has 1 saturated heterocycles. The van der Waals surface area contributed by atoms with Crippen LogP contribution in [-0.2, 0) is 19.6 Å². The van der Waals surface area contributed by atoms with Crippen molar-refractivity contribution in [3.05, 3.63) is 24.3 Å². The Morgan fingerprint density at radius 1 is 1.10 bits per heavy atom. The van der Waals surface area contributed by atoms with Crippen LogP contribution in [0.2, 0.25) is 0 Å². The van der Waals surface area contributed by atoms with E-state index in [1.165, 1.54) is 0 Å². The number of anilines is 2. The van der Waals surface area contributed by atoms with Gasteiger partial charge in [0.05, 0.1) is 17.5 Å². The number of nitrogens with zero attached hydrogens (tertiary/aromatic N) is 1. The van der Waals surface area contributed by atoms with Gasteiger partial charge in [-0.05, 0) is 77.6 Å². The molecule has 1 atom stereocenters. The second-order valence-electron chi connectivity index (χ2n) is 9.45. The van der Waals surface area contributed by atoms with Gasteiger partial charge in [-0.3, -0.25) is 4.79 Å². The summed E-state index contributed by atoms with van der Waals surface area (Å²) in [6.07, 6.45) is 2.96. The number of nitrogens with one attached hydrogen (secondary N) is 2. The van der Waals surface area contributed by atoms with Gasteiger partial charge in [0.15, 0.2) is 0 Å². The molecule has 3 rings (SSSR count). The number of ether oxygens (including phenoxy) is 1. The quantitative estimate of drug-likeness (QED) is 0.739. The summed E-state index contributed by atoms with van der Waals surface area (Å²) in [7, 11) is -3.36. The first-order valence-corrected chi connectivity index (χ1v) is 12.3. The van der Waals surface area contributed by atoms with Crippen molar-refractivity contribution in [1.29, 1.82) is 0 Å². The molecule has 1 amide bonds. The Kier molecular flexibility index (Phi) is 7.09. The predicted octanol–water partition coefficient (Wildman–Crippen LogP) is 3.13. The van der Waals surface area contributed by atoms with Crippen LogP contribution in [0, 0.1) is 5.92 Å². The number of carbonyl (C=O) groups excluding carboxylic acids is 1. The Hall–Kier alpha value is -1.64. The van der Waals surface area contributed by atoms with Gasteiger partial charge in [-0.2, -0.15) is 0 Å². The monoisotopic (exact) mass is 437 g/mol. The van der Waals surface area contributed by atoms with Crippen molar-refractivity contribution < 1.29 is 17.9 Å². The zero-order valence-corrected chi connectivity index (χ0v) is 19.3. The fraction of sp³-hybridized carbons (Fsp3) is 0.682. The summed E-state index contributed by atoms with van der Waals surface area (Å²) >= 11 is 0. The van der Waals surface area contributed by atoms with Crippen molar-refractivity contribution in [3.8, 4) is 0 Å². The van der Waals surface area contributed by atoms with Gasteiger partial charge < -0.3 is 15.0 Å². The molecule has 0 unspecified atom stereocenters. The number of amides is 1. The van der Waals surface area contributed by atoms with E-state index in [1.54, 1.807) is 20.8 Å². The molecule has 2 aliphatic rings. The minimum absolute atomic E-state index is 0.0138. The summed E-state index contributed by atoms with van der Waals surface area (Å²) in [5.74, 6) is -0.0694. The first-order valence-electron chi connectivity index (χ1n) is 10.8. The molecule has 0 bridgehead atoms. The van der Waals surface area contributed by atoms with Crippen molar-refractivity contribution in [3.63, 3.8) is 0 Å². The van der Waals surface area contributed by atoms with Crippen LogP contribution in [0.3, 0.4) is 0 Å². The number of hydrogen-bond acceptors (Lipinski definition) is 5. The molecule has 1 aliphatic carbocycles. The van der Waals surface area contributed by atoms with Crippen LogP contribution in [0.25, 0.3) is 0 Å². The van der Waals surface area contributed by atoms with Crippen molar-refractivity contribution in [2.24, 2.45) is 5.92 Å². The zero-order valence-electron chi connectivity index (χ0n) is 18.5. The lowest BCUT2D eigenvalue weighted by molar-refractivity contribution is -0.120. The largest absolute Gasteiger partial charge is 0.375 e. The van der Waals surface area contributed by atoms with Crippen molar-refractivity contribution in [2.75, 3.05) is 29.9 Å². The normalized spacial score (nSPS) is 25.7. The average molecular weight is 438 g/mol. The molecule has 1 aromatic rings. The summed E-state index contributed by atoms with van der Waals surface area (Å²) in [4.78, 5) is 15.0. The predicted molar refractivity (Wildman–Crippen MR) is 120 cm³/mol. The highest BCUT2D eigenvalue weighted by Crippen LogP contribution is 2.28. The Bertz CT molecular complexity index is 825. The Morgan fingerprint density at radius 2 is 1.73 bits per heavy atom. The van der Waals surface area contributed by atoms with Crippen molar-refractivity contribution in [2.45, 2.75) is 70.3 Å². The second kappa shape index (κ2) is 9.24. The summed E-state index contributed by atoms with van der Waals surface area (Å²) < 4.78 is 32.2. The second-order valence-corrected chi connectivity index (χ2v) is 11.9.